The standard InChI is InChI=1S/C15H17N3O2S.ClH/c1-18-11-13-9-14(7-8-15(13)17-21(18,19)20)16-10-12-5-3-2-4-6-12;/h2-9,16-17H,10-11H2,1H3;1H. The van der Waals surface area contributed by atoms with E-state index in [2.05, 4.69) is 22.2 Å². The van der Waals surface area contributed by atoms with Crippen molar-refractivity contribution < 1.29 is 8.42 Å². The van der Waals surface area contributed by atoms with Crippen LogP contribution in [0.5, 0.6) is 0 Å². The minimum Gasteiger partial charge on any atom is -0.381 e. The van der Waals surface area contributed by atoms with Crippen molar-refractivity contribution in [1.29, 1.82) is 0 Å². The van der Waals surface area contributed by atoms with Crippen molar-refractivity contribution in [2.75, 3.05) is 17.1 Å². The lowest BCUT2D eigenvalue weighted by Gasteiger charge is -2.26. The largest absolute Gasteiger partial charge is 0.381 e. The fourth-order valence-corrected chi connectivity index (χ4v) is 3.22. The van der Waals surface area contributed by atoms with Crippen molar-refractivity contribution in [3.05, 3.63) is 59.7 Å². The summed E-state index contributed by atoms with van der Waals surface area (Å²) in [5.74, 6) is 0. The van der Waals surface area contributed by atoms with Gasteiger partial charge < -0.3 is 5.32 Å². The smallest absolute Gasteiger partial charge is 0.301 e. The van der Waals surface area contributed by atoms with Gasteiger partial charge in [-0.25, -0.2) is 0 Å². The molecule has 0 saturated heterocycles. The van der Waals surface area contributed by atoms with Crippen LogP contribution in [-0.4, -0.2) is 19.8 Å². The van der Waals surface area contributed by atoms with Crippen LogP contribution in [0.25, 0.3) is 0 Å². The number of hydrogen-bond donors (Lipinski definition) is 2. The molecular weight excluding hydrogens is 322 g/mol. The van der Waals surface area contributed by atoms with E-state index in [9.17, 15) is 8.42 Å². The predicted molar refractivity (Wildman–Crippen MR) is 91.5 cm³/mol. The molecule has 0 fully saturated rings. The molecule has 2 aromatic carbocycles. The number of hydrogen-bond acceptors (Lipinski definition) is 3. The third-order valence-corrected chi connectivity index (χ3v) is 4.91. The Labute approximate surface area is 136 Å². The third kappa shape index (κ3) is 3.52. The second-order valence-electron chi connectivity index (χ2n) is 5.07. The molecule has 0 amide bonds. The second kappa shape index (κ2) is 6.56. The summed E-state index contributed by atoms with van der Waals surface area (Å²) < 4.78 is 27.3. The van der Waals surface area contributed by atoms with E-state index in [0.717, 1.165) is 17.8 Å². The zero-order valence-electron chi connectivity index (χ0n) is 12.1. The van der Waals surface area contributed by atoms with Gasteiger partial charge in [0.15, 0.2) is 0 Å². The van der Waals surface area contributed by atoms with Crippen LogP contribution in [0.2, 0.25) is 0 Å². The summed E-state index contributed by atoms with van der Waals surface area (Å²) in [6.07, 6.45) is 0. The van der Waals surface area contributed by atoms with Gasteiger partial charge >= 0.3 is 10.2 Å². The van der Waals surface area contributed by atoms with Crippen molar-refractivity contribution in [3.8, 4) is 0 Å². The highest BCUT2D eigenvalue weighted by Crippen LogP contribution is 2.28. The Bertz CT molecular complexity index is 751. The molecule has 0 radical (unpaired) electrons. The van der Waals surface area contributed by atoms with Crippen LogP contribution in [0, 0.1) is 0 Å². The summed E-state index contributed by atoms with van der Waals surface area (Å²) in [5, 5.41) is 3.35. The fourth-order valence-electron chi connectivity index (χ4n) is 2.28. The summed E-state index contributed by atoms with van der Waals surface area (Å²) in [4.78, 5) is 0. The molecule has 0 aromatic heterocycles. The van der Waals surface area contributed by atoms with E-state index >= 15 is 0 Å². The summed E-state index contributed by atoms with van der Waals surface area (Å²) in [7, 11) is -1.82. The van der Waals surface area contributed by atoms with Crippen LogP contribution in [0.1, 0.15) is 11.1 Å². The molecule has 0 atom stereocenters. The number of fused-ring (bicyclic) bond motifs is 1. The fraction of sp³-hybridized carbons (Fsp3) is 0.200. The molecule has 2 aromatic rings. The van der Waals surface area contributed by atoms with E-state index in [-0.39, 0.29) is 12.4 Å². The first-order valence-electron chi connectivity index (χ1n) is 6.69. The van der Waals surface area contributed by atoms with Crippen molar-refractivity contribution in [2.45, 2.75) is 13.1 Å². The molecule has 0 spiro atoms. The predicted octanol–water partition coefficient (Wildman–Crippen LogP) is 2.82. The van der Waals surface area contributed by atoms with Crippen LogP contribution in [0.15, 0.2) is 48.5 Å². The molecule has 0 saturated carbocycles. The molecule has 0 aliphatic carbocycles. The highest BCUT2D eigenvalue weighted by molar-refractivity contribution is 7.90. The van der Waals surface area contributed by atoms with Gasteiger partial charge in [-0.05, 0) is 29.3 Å². The molecule has 5 nitrogen and oxygen atoms in total. The molecule has 1 aliphatic rings. The topological polar surface area (TPSA) is 61.4 Å². The van der Waals surface area contributed by atoms with Gasteiger partial charge in [0.25, 0.3) is 0 Å². The summed E-state index contributed by atoms with van der Waals surface area (Å²) >= 11 is 0. The Morgan fingerprint density at radius 3 is 2.64 bits per heavy atom. The lowest BCUT2D eigenvalue weighted by Crippen LogP contribution is -2.36. The maximum atomic E-state index is 11.7. The second-order valence-corrected chi connectivity index (χ2v) is 6.85. The molecule has 0 bridgehead atoms. The molecule has 7 heteroatoms. The molecule has 1 heterocycles. The van der Waals surface area contributed by atoms with Gasteiger partial charge in [0, 0.05) is 25.8 Å². The van der Waals surface area contributed by atoms with Crippen LogP contribution < -0.4 is 10.0 Å². The zero-order chi connectivity index (χ0) is 14.9. The average Bonchev–Trinajstić information content (AvgIpc) is 2.47. The van der Waals surface area contributed by atoms with E-state index in [0.29, 0.717) is 12.2 Å². The van der Waals surface area contributed by atoms with Gasteiger partial charge in [-0.2, -0.15) is 12.7 Å². The maximum Gasteiger partial charge on any atom is 0.301 e. The molecule has 2 N–H and O–H groups in total. The zero-order valence-corrected chi connectivity index (χ0v) is 13.7. The molecule has 1 aliphatic heterocycles. The number of nitrogens with one attached hydrogen (secondary N) is 2. The maximum absolute atomic E-state index is 11.7. The molecule has 118 valence electrons. The van der Waals surface area contributed by atoms with Crippen molar-refractivity contribution >= 4 is 34.0 Å². The number of anilines is 2. The van der Waals surface area contributed by atoms with Gasteiger partial charge in [0.05, 0.1) is 5.69 Å². The van der Waals surface area contributed by atoms with E-state index in [1.165, 1.54) is 9.87 Å². The SMILES string of the molecule is CN1Cc2cc(NCc3ccccc3)ccc2NS1(=O)=O.Cl. The van der Waals surface area contributed by atoms with Crippen LogP contribution in [0.3, 0.4) is 0 Å². The van der Waals surface area contributed by atoms with Gasteiger partial charge in [-0.1, -0.05) is 30.3 Å². The monoisotopic (exact) mass is 339 g/mol. The van der Waals surface area contributed by atoms with E-state index < -0.39 is 10.2 Å². The number of nitrogens with zero attached hydrogens (tertiary/aromatic N) is 1. The summed E-state index contributed by atoms with van der Waals surface area (Å²) in [5.41, 5.74) is 3.80. The van der Waals surface area contributed by atoms with Crippen molar-refractivity contribution in [3.63, 3.8) is 0 Å². The summed E-state index contributed by atoms with van der Waals surface area (Å²) in [6, 6.07) is 15.8. The molecule has 0 unspecified atom stereocenters. The quantitative estimate of drug-likeness (QED) is 0.904. The lowest BCUT2D eigenvalue weighted by atomic mass is 10.1. The van der Waals surface area contributed by atoms with E-state index in [4.69, 9.17) is 0 Å². The lowest BCUT2D eigenvalue weighted by molar-refractivity contribution is 0.466. The Morgan fingerprint density at radius 1 is 1.18 bits per heavy atom. The Balaban J connectivity index is 0.00000176. The highest BCUT2D eigenvalue weighted by atomic mass is 35.5. The minimum atomic E-state index is -3.38. The van der Waals surface area contributed by atoms with Gasteiger partial charge in [-0.3, -0.25) is 4.72 Å². The number of rotatable bonds is 3. The van der Waals surface area contributed by atoms with Crippen molar-refractivity contribution in [2.24, 2.45) is 0 Å². The van der Waals surface area contributed by atoms with Gasteiger partial charge in [-0.15, -0.1) is 12.4 Å². The van der Waals surface area contributed by atoms with Crippen molar-refractivity contribution in [1.82, 2.24) is 4.31 Å². The Morgan fingerprint density at radius 2 is 1.91 bits per heavy atom. The first-order valence-corrected chi connectivity index (χ1v) is 8.13. The Kier molecular flexibility index (Phi) is 4.95. The molecule has 22 heavy (non-hydrogen) atoms. The summed E-state index contributed by atoms with van der Waals surface area (Å²) in [6.45, 7) is 1.12. The van der Waals surface area contributed by atoms with E-state index in [1.54, 1.807) is 13.1 Å². The van der Waals surface area contributed by atoms with E-state index in [1.807, 2.05) is 30.3 Å². The van der Waals surface area contributed by atoms with Crippen LogP contribution >= 0.6 is 12.4 Å². The average molecular weight is 340 g/mol. The number of benzene rings is 2. The first-order chi connectivity index (χ1) is 10.0. The Hall–Kier alpha value is -1.76. The molecular formula is C15H18ClN3O2S. The minimum absolute atomic E-state index is 0. The molecule has 3 rings (SSSR count). The first kappa shape index (κ1) is 16.6. The number of halogens is 1. The van der Waals surface area contributed by atoms with Crippen LogP contribution in [-0.2, 0) is 23.3 Å². The normalized spacial score (nSPS) is 16.0. The van der Waals surface area contributed by atoms with Gasteiger partial charge in [0.1, 0.15) is 0 Å². The van der Waals surface area contributed by atoms with Gasteiger partial charge in [0.2, 0.25) is 0 Å². The van der Waals surface area contributed by atoms with Crippen LogP contribution in [0.4, 0.5) is 11.4 Å². The highest BCUT2D eigenvalue weighted by Gasteiger charge is 2.25. The third-order valence-electron chi connectivity index (χ3n) is 3.49.